The summed E-state index contributed by atoms with van der Waals surface area (Å²) in [7, 11) is 0. The van der Waals surface area contributed by atoms with Crippen LogP contribution in [0.2, 0.25) is 5.02 Å². The molecule has 1 aliphatic heterocycles. The number of halogens is 1. The Morgan fingerprint density at radius 3 is 2.71 bits per heavy atom. The summed E-state index contributed by atoms with van der Waals surface area (Å²) in [5, 5.41) is 9.99. The number of rotatable bonds is 9. The van der Waals surface area contributed by atoms with Crippen LogP contribution < -0.4 is 16.0 Å². The molecule has 28 heavy (non-hydrogen) atoms. The van der Waals surface area contributed by atoms with E-state index in [1.165, 1.54) is 4.90 Å². The molecule has 1 fully saturated rings. The number of carbonyl (C=O) groups is 2. The summed E-state index contributed by atoms with van der Waals surface area (Å²) in [4.78, 5) is 30.2. The minimum absolute atomic E-state index is 0.157. The fourth-order valence-electron chi connectivity index (χ4n) is 2.97. The second kappa shape index (κ2) is 10.3. The lowest BCUT2D eigenvalue weighted by Gasteiger charge is -2.19. The topological polar surface area (TPSA) is 85.8 Å². The van der Waals surface area contributed by atoms with Gasteiger partial charge < -0.3 is 16.0 Å². The van der Waals surface area contributed by atoms with Crippen molar-refractivity contribution in [3.05, 3.63) is 34.9 Å². The van der Waals surface area contributed by atoms with Crippen LogP contribution in [0.25, 0.3) is 0 Å². The van der Waals surface area contributed by atoms with Crippen LogP contribution in [-0.2, 0) is 11.2 Å². The Morgan fingerprint density at radius 2 is 2.07 bits per heavy atom. The lowest BCUT2D eigenvalue weighted by atomic mass is 9.99. The molecule has 0 aliphatic carbocycles. The zero-order chi connectivity index (χ0) is 20.6. The van der Waals surface area contributed by atoms with Crippen LogP contribution in [0.3, 0.4) is 0 Å². The van der Waals surface area contributed by atoms with E-state index < -0.39 is 5.54 Å². The van der Waals surface area contributed by atoms with Gasteiger partial charge in [0.2, 0.25) is 0 Å². The maximum atomic E-state index is 12.4. The molecule has 154 valence electrons. The molecule has 0 radical (unpaired) electrons. The van der Waals surface area contributed by atoms with Crippen molar-refractivity contribution in [3.63, 3.8) is 0 Å². The molecule has 8 heteroatoms. The molecule has 1 unspecified atom stereocenters. The van der Waals surface area contributed by atoms with E-state index in [-0.39, 0.29) is 11.9 Å². The van der Waals surface area contributed by atoms with Gasteiger partial charge in [0.15, 0.2) is 5.96 Å². The minimum Gasteiger partial charge on any atom is -0.357 e. The van der Waals surface area contributed by atoms with Gasteiger partial charge in [0, 0.05) is 31.2 Å². The average Bonchev–Trinajstić information content (AvgIpc) is 2.88. The number of nitrogens with zero attached hydrogens (tertiary/aromatic N) is 2. The van der Waals surface area contributed by atoms with Crippen LogP contribution >= 0.6 is 11.6 Å². The second-order valence-corrected chi connectivity index (χ2v) is 7.43. The maximum Gasteiger partial charge on any atom is 0.325 e. The molecule has 3 amide bonds. The van der Waals surface area contributed by atoms with E-state index >= 15 is 0 Å². The van der Waals surface area contributed by atoms with E-state index in [1.807, 2.05) is 38.1 Å². The number of amides is 3. The molecule has 3 N–H and O–H groups in total. The molecule has 0 aromatic heterocycles. The highest BCUT2D eigenvalue weighted by atomic mass is 35.5. The van der Waals surface area contributed by atoms with Gasteiger partial charge >= 0.3 is 6.03 Å². The second-order valence-electron chi connectivity index (χ2n) is 6.99. The van der Waals surface area contributed by atoms with Gasteiger partial charge in [-0.2, -0.15) is 0 Å². The number of hydrogen-bond acceptors (Lipinski definition) is 3. The Labute approximate surface area is 171 Å². The van der Waals surface area contributed by atoms with Crippen molar-refractivity contribution in [1.82, 2.24) is 20.9 Å². The summed E-state index contributed by atoms with van der Waals surface area (Å²) in [6.07, 6.45) is 2.03. The summed E-state index contributed by atoms with van der Waals surface area (Å²) < 4.78 is 0. The highest BCUT2D eigenvalue weighted by Crippen LogP contribution is 2.20. The van der Waals surface area contributed by atoms with Gasteiger partial charge in [-0.3, -0.25) is 14.7 Å². The first-order chi connectivity index (χ1) is 13.4. The molecule has 0 bridgehead atoms. The predicted octanol–water partition coefficient (Wildman–Crippen LogP) is 2.55. The van der Waals surface area contributed by atoms with Gasteiger partial charge in [0.1, 0.15) is 5.54 Å². The first kappa shape index (κ1) is 22.0. The highest BCUT2D eigenvalue weighted by molar-refractivity contribution is 6.30. The van der Waals surface area contributed by atoms with Crippen molar-refractivity contribution < 1.29 is 9.59 Å². The van der Waals surface area contributed by atoms with Gasteiger partial charge in [0.25, 0.3) is 5.91 Å². The molecule has 1 saturated heterocycles. The predicted molar refractivity (Wildman–Crippen MR) is 113 cm³/mol. The number of guanidine groups is 1. The zero-order valence-electron chi connectivity index (χ0n) is 16.8. The van der Waals surface area contributed by atoms with Crippen LogP contribution in [0.15, 0.2) is 29.3 Å². The normalized spacial score (nSPS) is 19.7. The quantitative estimate of drug-likeness (QED) is 0.254. The maximum absolute atomic E-state index is 12.4. The Morgan fingerprint density at radius 1 is 1.29 bits per heavy atom. The number of hydrogen-bond donors (Lipinski definition) is 3. The van der Waals surface area contributed by atoms with E-state index in [0.717, 1.165) is 36.1 Å². The van der Waals surface area contributed by atoms with Gasteiger partial charge in [0.05, 0.1) is 0 Å². The Bertz CT molecular complexity index is 724. The van der Waals surface area contributed by atoms with Crippen molar-refractivity contribution in [1.29, 1.82) is 0 Å². The standard InChI is InChI=1S/C20H30ClN5O2/c1-4-20(3)17(27)26(19(28)25-20)13-7-11-23-18(22-5-2)24-12-10-15-8-6-9-16(21)14-15/h6,8-9,14H,4-5,7,10-13H2,1-3H3,(H,25,28)(H2,22,23,24). The summed E-state index contributed by atoms with van der Waals surface area (Å²) in [5.41, 5.74) is 0.380. The molecular formula is C20H30ClN5O2. The third-order valence-electron chi connectivity index (χ3n) is 4.80. The van der Waals surface area contributed by atoms with E-state index in [9.17, 15) is 9.59 Å². The Kier molecular flexibility index (Phi) is 8.11. The first-order valence-corrected chi connectivity index (χ1v) is 10.2. The molecule has 7 nitrogen and oxygen atoms in total. The van der Waals surface area contributed by atoms with Crippen molar-refractivity contribution in [2.45, 2.75) is 45.6 Å². The number of nitrogens with one attached hydrogen (secondary N) is 3. The van der Waals surface area contributed by atoms with Crippen LogP contribution in [0.4, 0.5) is 4.79 Å². The molecule has 1 aromatic carbocycles. The Hall–Kier alpha value is -2.28. The third-order valence-corrected chi connectivity index (χ3v) is 5.04. The number of urea groups is 1. The van der Waals surface area contributed by atoms with Gasteiger partial charge in [-0.15, -0.1) is 0 Å². The van der Waals surface area contributed by atoms with Crippen molar-refractivity contribution in [3.8, 4) is 0 Å². The van der Waals surface area contributed by atoms with Crippen LogP contribution in [-0.4, -0.2) is 54.5 Å². The monoisotopic (exact) mass is 407 g/mol. The molecule has 0 spiro atoms. The minimum atomic E-state index is -0.781. The number of carbonyl (C=O) groups excluding carboxylic acids is 2. The third kappa shape index (κ3) is 5.86. The SMILES string of the molecule is CCNC(=NCCCN1C(=O)NC(C)(CC)C1=O)NCCc1cccc(Cl)c1. The summed E-state index contributed by atoms with van der Waals surface area (Å²) in [6, 6.07) is 7.48. The van der Waals surface area contributed by atoms with Crippen LogP contribution in [0.1, 0.15) is 39.2 Å². The molecule has 1 aromatic rings. The summed E-state index contributed by atoms with van der Waals surface area (Å²) in [5.74, 6) is 0.565. The first-order valence-electron chi connectivity index (χ1n) is 9.80. The summed E-state index contributed by atoms with van der Waals surface area (Å²) in [6.45, 7) is 8.03. The van der Waals surface area contributed by atoms with Crippen molar-refractivity contribution >= 4 is 29.5 Å². The van der Waals surface area contributed by atoms with E-state index in [2.05, 4.69) is 20.9 Å². The fourth-order valence-corrected chi connectivity index (χ4v) is 3.18. The van der Waals surface area contributed by atoms with E-state index in [4.69, 9.17) is 11.6 Å². The number of imide groups is 1. The molecule has 2 rings (SSSR count). The number of aliphatic imine (C=N–C) groups is 1. The van der Waals surface area contributed by atoms with Crippen molar-refractivity contribution in [2.75, 3.05) is 26.2 Å². The van der Waals surface area contributed by atoms with Crippen LogP contribution in [0, 0.1) is 0 Å². The zero-order valence-corrected chi connectivity index (χ0v) is 17.6. The molecule has 0 saturated carbocycles. The van der Waals surface area contributed by atoms with Gasteiger partial charge in [-0.05, 0) is 50.8 Å². The smallest absolute Gasteiger partial charge is 0.325 e. The Balaban J connectivity index is 1.79. The largest absolute Gasteiger partial charge is 0.357 e. The fraction of sp³-hybridized carbons (Fsp3) is 0.550. The van der Waals surface area contributed by atoms with Gasteiger partial charge in [-0.25, -0.2) is 4.79 Å². The molecule has 1 atom stereocenters. The highest BCUT2D eigenvalue weighted by Gasteiger charge is 2.45. The molecular weight excluding hydrogens is 378 g/mol. The van der Waals surface area contributed by atoms with E-state index in [0.29, 0.717) is 25.9 Å². The molecule has 1 heterocycles. The average molecular weight is 408 g/mol. The van der Waals surface area contributed by atoms with Gasteiger partial charge in [-0.1, -0.05) is 30.7 Å². The lowest BCUT2D eigenvalue weighted by molar-refractivity contribution is -0.130. The van der Waals surface area contributed by atoms with E-state index in [1.54, 1.807) is 6.92 Å². The van der Waals surface area contributed by atoms with Crippen molar-refractivity contribution in [2.24, 2.45) is 4.99 Å². The summed E-state index contributed by atoms with van der Waals surface area (Å²) >= 11 is 6.01. The number of benzene rings is 1. The van der Waals surface area contributed by atoms with Crippen LogP contribution in [0.5, 0.6) is 0 Å². The lowest BCUT2D eigenvalue weighted by Crippen LogP contribution is -2.43. The molecule has 1 aliphatic rings.